The Morgan fingerprint density at radius 1 is 1.40 bits per heavy atom. The predicted octanol–water partition coefficient (Wildman–Crippen LogP) is 1.67. The summed E-state index contributed by atoms with van der Waals surface area (Å²) in [6.07, 6.45) is 3.61. The summed E-state index contributed by atoms with van der Waals surface area (Å²) in [6.45, 7) is 7.38. The molecule has 0 spiro atoms. The Morgan fingerprint density at radius 2 is 2.00 bits per heavy atom. The number of rotatable bonds is 2. The molecule has 2 fully saturated rings. The second-order valence-corrected chi connectivity index (χ2v) is 5.20. The van der Waals surface area contributed by atoms with Gasteiger partial charge < -0.3 is 9.64 Å². The van der Waals surface area contributed by atoms with E-state index in [9.17, 15) is 4.79 Å². The lowest BCUT2D eigenvalue weighted by Gasteiger charge is -2.42. The lowest BCUT2D eigenvalue weighted by Crippen LogP contribution is -2.54. The average Bonchev–Trinajstić information content (AvgIpc) is 2.25. The highest BCUT2D eigenvalue weighted by Crippen LogP contribution is 2.31. The molecular formula is C12H21NO2. The summed E-state index contributed by atoms with van der Waals surface area (Å²) in [5.74, 6) is 1.14. The van der Waals surface area contributed by atoms with Gasteiger partial charge in [0.2, 0.25) is 5.91 Å². The lowest BCUT2D eigenvalue weighted by atomic mass is 9.85. The van der Waals surface area contributed by atoms with Crippen LogP contribution in [0.25, 0.3) is 0 Å². The minimum absolute atomic E-state index is 0.209. The molecule has 0 bridgehead atoms. The smallest absolute Gasteiger partial charge is 0.233 e. The molecule has 0 aromatic rings. The highest BCUT2D eigenvalue weighted by atomic mass is 16.5. The molecule has 0 aliphatic carbocycles. The number of likely N-dealkylation sites (tertiary alicyclic amines) is 1. The largest absolute Gasteiger partial charge is 0.379 e. The van der Waals surface area contributed by atoms with Crippen LogP contribution < -0.4 is 0 Å². The molecule has 1 amide bonds. The molecule has 2 saturated heterocycles. The zero-order valence-electron chi connectivity index (χ0n) is 9.79. The fourth-order valence-corrected chi connectivity index (χ4v) is 2.46. The van der Waals surface area contributed by atoms with Crippen molar-refractivity contribution in [3.05, 3.63) is 0 Å². The molecule has 0 N–H and O–H groups in total. The van der Waals surface area contributed by atoms with Crippen LogP contribution in [0.3, 0.4) is 0 Å². The van der Waals surface area contributed by atoms with Gasteiger partial charge in [-0.3, -0.25) is 4.79 Å². The van der Waals surface area contributed by atoms with Crippen molar-refractivity contribution < 1.29 is 9.53 Å². The Kier molecular flexibility index (Phi) is 3.01. The Bertz CT molecular complexity index is 240. The van der Waals surface area contributed by atoms with Crippen LogP contribution in [0.15, 0.2) is 0 Å². The SMILES string of the molecule is CCC1CCN(C(=O)C2(C)COC2)CC1. The van der Waals surface area contributed by atoms with Crippen molar-refractivity contribution in [2.24, 2.45) is 11.3 Å². The first-order chi connectivity index (χ1) is 7.15. The fourth-order valence-electron chi connectivity index (χ4n) is 2.46. The molecule has 0 aromatic heterocycles. The quantitative estimate of drug-likeness (QED) is 0.695. The standard InChI is InChI=1S/C12H21NO2/c1-3-10-4-6-13(7-5-10)11(14)12(2)8-15-9-12/h10H,3-9H2,1-2H3. The second-order valence-electron chi connectivity index (χ2n) is 5.20. The van der Waals surface area contributed by atoms with Gasteiger partial charge in [0.05, 0.1) is 18.6 Å². The summed E-state index contributed by atoms with van der Waals surface area (Å²) in [6, 6.07) is 0. The van der Waals surface area contributed by atoms with Gasteiger partial charge >= 0.3 is 0 Å². The Balaban J connectivity index is 1.87. The first-order valence-corrected chi connectivity index (χ1v) is 6.03. The molecule has 2 aliphatic heterocycles. The lowest BCUT2D eigenvalue weighted by molar-refractivity contribution is -0.170. The maximum Gasteiger partial charge on any atom is 0.233 e. The first-order valence-electron chi connectivity index (χ1n) is 6.03. The number of hydrogen-bond acceptors (Lipinski definition) is 2. The number of hydrogen-bond donors (Lipinski definition) is 0. The molecule has 0 saturated carbocycles. The van der Waals surface area contributed by atoms with Gasteiger partial charge in [0.15, 0.2) is 0 Å². The molecule has 2 rings (SSSR count). The van der Waals surface area contributed by atoms with Crippen LogP contribution in [-0.2, 0) is 9.53 Å². The zero-order valence-corrected chi connectivity index (χ0v) is 9.79. The molecular weight excluding hydrogens is 190 g/mol. The van der Waals surface area contributed by atoms with Crippen molar-refractivity contribution in [1.82, 2.24) is 4.90 Å². The van der Waals surface area contributed by atoms with Gasteiger partial charge in [-0.25, -0.2) is 0 Å². The van der Waals surface area contributed by atoms with E-state index in [2.05, 4.69) is 6.92 Å². The van der Waals surface area contributed by atoms with E-state index >= 15 is 0 Å². The van der Waals surface area contributed by atoms with E-state index in [-0.39, 0.29) is 5.41 Å². The average molecular weight is 211 g/mol. The van der Waals surface area contributed by atoms with E-state index in [0.717, 1.165) is 19.0 Å². The summed E-state index contributed by atoms with van der Waals surface area (Å²) in [7, 11) is 0. The van der Waals surface area contributed by atoms with Crippen molar-refractivity contribution >= 4 is 5.91 Å². The van der Waals surface area contributed by atoms with Crippen molar-refractivity contribution in [1.29, 1.82) is 0 Å². The number of piperidine rings is 1. The van der Waals surface area contributed by atoms with Gasteiger partial charge in [0.25, 0.3) is 0 Å². The maximum atomic E-state index is 12.1. The Morgan fingerprint density at radius 3 is 2.40 bits per heavy atom. The van der Waals surface area contributed by atoms with E-state index in [4.69, 9.17) is 4.74 Å². The summed E-state index contributed by atoms with van der Waals surface area (Å²) in [5, 5.41) is 0. The maximum absolute atomic E-state index is 12.1. The molecule has 3 nitrogen and oxygen atoms in total. The summed E-state index contributed by atoms with van der Waals surface area (Å²) >= 11 is 0. The third-order valence-electron chi connectivity index (χ3n) is 3.84. The Labute approximate surface area is 91.8 Å². The van der Waals surface area contributed by atoms with Gasteiger partial charge in [-0.1, -0.05) is 13.3 Å². The molecule has 86 valence electrons. The number of ether oxygens (including phenoxy) is 1. The summed E-state index contributed by atoms with van der Waals surface area (Å²) < 4.78 is 5.14. The number of carbonyl (C=O) groups excluding carboxylic acids is 1. The van der Waals surface area contributed by atoms with E-state index < -0.39 is 0 Å². The highest BCUT2D eigenvalue weighted by Gasteiger charge is 2.43. The molecule has 2 heterocycles. The van der Waals surface area contributed by atoms with Crippen LogP contribution in [0.5, 0.6) is 0 Å². The molecule has 3 heteroatoms. The zero-order chi connectivity index (χ0) is 10.9. The fraction of sp³-hybridized carbons (Fsp3) is 0.917. The first kappa shape index (κ1) is 10.9. The van der Waals surface area contributed by atoms with Crippen LogP contribution in [0.4, 0.5) is 0 Å². The Hall–Kier alpha value is -0.570. The van der Waals surface area contributed by atoms with Crippen LogP contribution >= 0.6 is 0 Å². The summed E-state index contributed by atoms with van der Waals surface area (Å²) in [5.41, 5.74) is -0.209. The van der Waals surface area contributed by atoms with Gasteiger partial charge in [-0.2, -0.15) is 0 Å². The van der Waals surface area contributed by atoms with Crippen molar-refractivity contribution in [2.75, 3.05) is 26.3 Å². The van der Waals surface area contributed by atoms with E-state index in [0.29, 0.717) is 19.1 Å². The van der Waals surface area contributed by atoms with Crippen LogP contribution in [0, 0.1) is 11.3 Å². The number of amides is 1. The second kappa shape index (κ2) is 4.12. The van der Waals surface area contributed by atoms with Gasteiger partial charge in [0.1, 0.15) is 0 Å². The van der Waals surface area contributed by atoms with Crippen LogP contribution in [0.2, 0.25) is 0 Å². The van der Waals surface area contributed by atoms with E-state index in [1.165, 1.54) is 19.3 Å². The third kappa shape index (κ3) is 2.03. The normalized spacial score (nSPS) is 26.1. The molecule has 15 heavy (non-hydrogen) atoms. The van der Waals surface area contributed by atoms with Crippen molar-refractivity contribution in [2.45, 2.75) is 33.1 Å². The van der Waals surface area contributed by atoms with Crippen LogP contribution in [0.1, 0.15) is 33.1 Å². The van der Waals surface area contributed by atoms with Gasteiger partial charge in [-0.05, 0) is 25.7 Å². The van der Waals surface area contributed by atoms with Gasteiger partial charge in [-0.15, -0.1) is 0 Å². The predicted molar refractivity (Wildman–Crippen MR) is 58.5 cm³/mol. The van der Waals surface area contributed by atoms with Gasteiger partial charge in [0, 0.05) is 13.1 Å². The summed E-state index contributed by atoms with van der Waals surface area (Å²) in [4.78, 5) is 14.2. The molecule has 0 radical (unpaired) electrons. The van der Waals surface area contributed by atoms with Crippen molar-refractivity contribution in [3.8, 4) is 0 Å². The highest BCUT2D eigenvalue weighted by molar-refractivity contribution is 5.83. The third-order valence-corrected chi connectivity index (χ3v) is 3.84. The van der Waals surface area contributed by atoms with E-state index in [1.807, 2.05) is 11.8 Å². The topological polar surface area (TPSA) is 29.5 Å². The minimum Gasteiger partial charge on any atom is -0.379 e. The number of carbonyl (C=O) groups is 1. The molecule has 0 unspecified atom stereocenters. The molecule has 0 atom stereocenters. The minimum atomic E-state index is -0.209. The molecule has 2 aliphatic rings. The monoisotopic (exact) mass is 211 g/mol. The van der Waals surface area contributed by atoms with Crippen LogP contribution in [-0.4, -0.2) is 37.1 Å². The van der Waals surface area contributed by atoms with Crippen molar-refractivity contribution in [3.63, 3.8) is 0 Å². The molecule has 0 aromatic carbocycles. The van der Waals surface area contributed by atoms with E-state index in [1.54, 1.807) is 0 Å². The number of nitrogens with zero attached hydrogens (tertiary/aromatic N) is 1.